The Kier molecular flexibility index (Phi) is 3.59. The van der Waals surface area contributed by atoms with Gasteiger partial charge >= 0.3 is 0 Å². The van der Waals surface area contributed by atoms with Gasteiger partial charge in [0.25, 0.3) is 0 Å². The topological polar surface area (TPSA) is 0 Å². The Bertz CT molecular complexity index is 231. The Hall–Kier alpha value is -1.04. The first-order valence-electron chi connectivity index (χ1n) is 4.48. The van der Waals surface area contributed by atoms with E-state index in [4.69, 9.17) is 6.58 Å². The Morgan fingerprint density at radius 1 is 1.17 bits per heavy atom. The van der Waals surface area contributed by atoms with Crippen LogP contribution in [-0.2, 0) is 12.8 Å². The van der Waals surface area contributed by atoms with Crippen molar-refractivity contribution in [1.82, 2.24) is 0 Å². The Balaban J connectivity index is 2.64. The minimum Gasteiger partial charge on any atom is -0.0801 e. The summed E-state index contributed by atoms with van der Waals surface area (Å²) >= 11 is 0. The fraction of sp³-hybridized carbons (Fsp3) is 0.333. The van der Waals surface area contributed by atoms with Gasteiger partial charge in [-0.05, 0) is 24.0 Å². The number of aryl methyl sites for hydroxylation is 1. The second-order valence-corrected chi connectivity index (χ2v) is 3.01. The van der Waals surface area contributed by atoms with Crippen LogP contribution in [0.25, 0.3) is 0 Å². The summed E-state index contributed by atoms with van der Waals surface area (Å²) in [4.78, 5) is 0. The summed E-state index contributed by atoms with van der Waals surface area (Å²) < 4.78 is 0. The fourth-order valence-corrected chi connectivity index (χ4v) is 1.27. The number of benzene rings is 1. The van der Waals surface area contributed by atoms with E-state index < -0.39 is 0 Å². The molecule has 0 saturated heterocycles. The molecule has 0 saturated carbocycles. The SMILES string of the molecule is [CH]=CCc1ccc(CCC)cc1. The maximum atomic E-state index is 5.33. The number of rotatable bonds is 4. The molecule has 1 aromatic carbocycles. The van der Waals surface area contributed by atoms with Crippen LogP contribution < -0.4 is 0 Å². The van der Waals surface area contributed by atoms with E-state index in [0.717, 1.165) is 6.42 Å². The van der Waals surface area contributed by atoms with E-state index in [0.29, 0.717) is 0 Å². The van der Waals surface area contributed by atoms with Crippen molar-refractivity contribution in [3.63, 3.8) is 0 Å². The third-order valence-electron chi connectivity index (χ3n) is 1.92. The monoisotopic (exact) mass is 159 g/mol. The van der Waals surface area contributed by atoms with E-state index in [9.17, 15) is 0 Å². The zero-order valence-corrected chi connectivity index (χ0v) is 7.59. The highest BCUT2D eigenvalue weighted by Gasteiger charge is 1.91. The van der Waals surface area contributed by atoms with Crippen LogP contribution in [0.2, 0.25) is 0 Å². The predicted octanol–water partition coefficient (Wildman–Crippen LogP) is 3.17. The van der Waals surface area contributed by atoms with Crippen molar-refractivity contribution in [2.24, 2.45) is 0 Å². The molecular weight excluding hydrogens is 144 g/mol. The fourth-order valence-electron chi connectivity index (χ4n) is 1.27. The molecule has 12 heavy (non-hydrogen) atoms. The predicted molar refractivity (Wildman–Crippen MR) is 53.0 cm³/mol. The lowest BCUT2D eigenvalue weighted by Gasteiger charge is -1.99. The second kappa shape index (κ2) is 4.76. The maximum Gasteiger partial charge on any atom is -0.00943 e. The van der Waals surface area contributed by atoms with Crippen LogP contribution in [0.4, 0.5) is 0 Å². The first-order chi connectivity index (χ1) is 5.86. The van der Waals surface area contributed by atoms with E-state index in [1.807, 2.05) is 0 Å². The molecule has 0 aromatic heterocycles. The summed E-state index contributed by atoms with van der Waals surface area (Å²) in [6, 6.07) is 8.66. The molecule has 0 unspecified atom stereocenters. The zero-order chi connectivity index (χ0) is 8.81. The maximum absolute atomic E-state index is 5.33. The van der Waals surface area contributed by atoms with Gasteiger partial charge in [-0.25, -0.2) is 0 Å². The molecule has 63 valence electrons. The molecule has 0 spiro atoms. The van der Waals surface area contributed by atoms with Gasteiger partial charge in [0.2, 0.25) is 0 Å². The molecule has 1 radical (unpaired) electrons. The summed E-state index contributed by atoms with van der Waals surface area (Å²) in [5.74, 6) is 0. The molecule has 0 aliphatic heterocycles. The summed E-state index contributed by atoms with van der Waals surface area (Å²) in [6.45, 7) is 7.53. The molecule has 0 aliphatic rings. The minimum atomic E-state index is 0.867. The Morgan fingerprint density at radius 3 is 2.25 bits per heavy atom. The molecule has 0 atom stereocenters. The molecule has 1 rings (SSSR count). The van der Waals surface area contributed by atoms with Crippen molar-refractivity contribution in [1.29, 1.82) is 0 Å². The van der Waals surface area contributed by atoms with Gasteiger partial charge in [-0.15, -0.1) is 0 Å². The molecule has 0 amide bonds. The van der Waals surface area contributed by atoms with Crippen LogP contribution in [-0.4, -0.2) is 0 Å². The lowest BCUT2D eigenvalue weighted by atomic mass is 10.1. The summed E-state index contributed by atoms with van der Waals surface area (Å²) in [6.07, 6.45) is 4.94. The first-order valence-corrected chi connectivity index (χ1v) is 4.48. The number of hydrogen-bond donors (Lipinski definition) is 0. The summed E-state index contributed by atoms with van der Waals surface area (Å²) in [7, 11) is 0. The van der Waals surface area contributed by atoms with E-state index >= 15 is 0 Å². The largest absolute Gasteiger partial charge is 0.0801 e. The van der Waals surface area contributed by atoms with E-state index in [-0.39, 0.29) is 0 Å². The molecule has 0 fully saturated rings. The van der Waals surface area contributed by atoms with Crippen molar-refractivity contribution in [3.05, 3.63) is 48.0 Å². The summed E-state index contributed by atoms with van der Waals surface area (Å²) in [5, 5.41) is 0. The molecule has 0 heteroatoms. The number of allylic oxidation sites excluding steroid dienone is 1. The Morgan fingerprint density at radius 2 is 1.75 bits per heavy atom. The van der Waals surface area contributed by atoms with E-state index in [2.05, 4.69) is 31.2 Å². The van der Waals surface area contributed by atoms with E-state index in [1.54, 1.807) is 6.08 Å². The van der Waals surface area contributed by atoms with Crippen molar-refractivity contribution in [3.8, 4) is 0 Å². The molecule has 1 aromatic rings. The van der Waals surface area contributed by atoms with Gasteiger partial charge in [0, 0.05) is 0 Å². The smallest absolute Gasteiger partial charge is 0.00943 e. The van der Waals surface area contributed by atoms with Gasteiger partial charge in [-0.3, -0.25) is 0 Å². The first kappa shape index (κ1) is 9.05. The van der Waals surface area contributed by atoms with Crippen molar-refractivity contribution < 1.29 is 0 Å². The zero-order valence-electron chi connectivity index (χ0n) is 7.59. The van der Waals surface area contributed by atoms with Crippen molar-refractivity contribution in [2.45, 2.75) is 26.2 Å². The van der Waals surface area contributed by atoms with Gasteiger partial charge in [0.1, 0.15) is 0 Å². The highest BCUT2D eigenvalue weighted by atomic mass is 14.0. The van der Waals surface area contributed by atoms with Gasteiger partial charge < -0.3 is 0 Å². The third-order valence-corrected chi connectivity index (χ3v) is 1.92. The lowest BCUT2D eigenvalue weighted by Crippen LogP contribution is -1.84. The van der Waals surface area contributed by atoms with Crippen LogP contribution in [0.5, 0.6) is 0 Å². The van der Waals surface area contributed by atoms with Crippen molar-refractivity contribution >= 4 is 0 Å². The van der Waals surface area contributed by atoms with Gasteiger partial charge in [0.15, 0.2) is 0 Å². The Labute approximate surface area is 74.9 Å². The molecular formula is C12H15. The number of hydrogen-bond acceptors (Lipinski definition) is 0. The van der Waals surface area contributed by atoms with E-state index in [1.165, 1.54) is 24.0 Å². The lowest BCUT2D eigenvalue weighted by molar-refractivity contribution is 0.920. The van der Waals surface area contributed by atoms with Crippen LogP contribution in [0.15, 0.2) is 30.3 Å². The third kappa shape index (κ3) is 2.54. The highest BCUT2D eigenvalue weighted by Crippen LogP contribution is 2.07. The molecule has 0 heterocycles. The molecule has 0 bridgehead atoms. The van der Waals surface area contributed by atoms with Gasteiger partial charge in [-0.1, -0.05) is 50.3 Å². The minimum absolute atomic E-state index is 0.867. The normalized spacial score (nSPS) is 9.75. The average molecular weight is 159 g/mol. The van der Waals surface area contributed by atoms with Crippen LogP contribution in [0.3, 0.4) is 0 Å². The van der Waals surface area contributed by atoms with Crippen molar-refractivity contribution in [2.75, 3.05) is 0 Å². The van der Waals surface area contributed by atoms with Gasteiger partial charge in [-0.2, -0.15) is 0 Å². The van der Waals surface area contributed by atoms with Gasteiger partial charge in [0.05, 0.1) is 0 Å². The molecule has 0 nitrogen and oxygen atoms in total. The molecule has 0 aliphatic carbocycles. The van der Waals surface area contributed by atoms with Crippen LogP contribution in [0, 0.1) is 6.58 Å². The van der Waals surface area contributed by atoms with Crippen LogP contribution >= 0.6 is 0 Å². The second-order valence-electron chi connectivity index (χ2n) is 3.01. The van der Waals surface area contributed by atoms with Crippen LogP contribution in [0.1, 0.15) is 24.5 Å². The highest BCUT2D eigenvalue weighted by molar-refractivity contribution is 5.23. The standard InChI is InChI=1S/C12H15/c1-3-5-11-7-9-12(6-4-2)10-8-11/h1,3,7-10H,4-6H2,2H3. The molecule has 0 N–H and O–H groups in total. The average Bonchev–Trinajstić information content (AvgIpc) is 2.09. The summed E-state index contributed by atoms with van der Waals surface area (Å²) in [5.41, 5.74) is 2.70. The quantitative estimate of drug-likeness (QED) is 0.633.